The summed E-state index contributed by atoms with van der Waals surface area (Å²) in [7, 11) is 8.26. The average molecular weight is 827 g/mol. The molecule has 8 nitrogen and oxygen atoms in total. The van der Waals surface area contributed by atoms with Crippen LogP contribution in [-0.2, 0) is 28.5 Å². The molecule has 0 spiro atoms. The van der Waals surface area contributed by atoms with Gasteiger partial charge in [-0.3, -0.25) is 18.6 Å². The normalized spacial score (nSPS) is 12.0. The number of hydrogen-bond acceptors (Lipinski definition) is 6. The standard InChI is InChI=1S/C50H102N2O6/c1-7-9-11-13-15-17-19-21-23-25-27-29-31-33-35-37-39-49(53)57-47-51(3,4)41-43-55-45-46-56-44-42-52(5,6)48-58-50(54)40-38-36-34-32-30-28-26-24-22-20-18-16-14-12-10-8-2/h7-48H2,1-6H3/q+2. The van der Waals surface area contributed by atoms with E-state index < -0.39 is 0 Å². The molecule has 0 saturated heterocycles. The van der Waals surface area contributed by atoms with Crippen LogP contribution >= 0.6 is 0 Å². The Hall–Kier alpha value is -1.22. The number of likely N-dealkylation sites (N-methyl/N-ethyl adjacent to an activating group) is 2. The number of esters is 2. The molecule has 0 aliphatic heterocycles. The number of hydrogen-bond donors (Lipinski definition) is 0. The number of carbonyl (C=O) groups excluding carboxylic acids is 2. The second kappa shape index (κ2) is 42.5. The molecule has 0 aliphatic rings. The van der Waals surface area contributed by atoms with Crippen molar-refractivity contribution in [2.45, 2.75) is 232 Å². The Balaban J connectivity index is 3.58. The van der Waals surface area contributed by atoms with Gasteiger partial charge in [0, 0.05) is 12.8 Å². The molecule has 0 unspecified atom stereocenters. The topological polar surface area (TPSA) is 71.1 Å². The second-order valence-electron chi connectivity index (χ2n) is 18.9. The Bertz CT molecular complexity index is 812. The van der Waals surface area contributed by atoms with E-state index in [1.807, 2.05) is 0 Å². The van der Waals surface area contributed by atoms with Crippen LogP contribution in [0.15, 0.2) is 0 Å². The molecule has 0 fully saturated rings. The molecule has 0 saturated carbocycles. The first kappa shape index (κ1) is 56.8. The molecule has 58 heavy (non-hydrogen) atoms. The van der Waals surface area contributed by atoms with Crippen LogP contribution in [0.3, 0.4) is 0 Å². The Labute approximate surface area is 361 Å². The molecule has 0 heterocycles. The van der Waals surface area contributed by atoms with Crippen LogP contribution in [-0.4, -0.2) is 102 Å². The summed E-state index contributed by atoms with van der Waals surface area (Å²) < 4.78 is 23.9. The van der Waals surface area contributed by atoms with Crippen LogP contribution in [0.5, 0.6) is 0 Å². The van der Waals surface area contributed by atoms with Crippen molar-refractivity contribution in [3.8, 4) is 0 Å². The van der Waals surface area contributed by atoms with Crippen molar-refractivity contribution in [2.24, 2.45) is 0 Å². The van der Waals surface area contributed by atoms with Gasteiger partial charge in [0.2, 0.25) is 13.5 Å². The summed E-state index contributed by atoms with van der Waals surface area (Å²) in [6.45, 7) is 9.07. The van der Waals surface area contributed by atoms with Crippen LogP contribution in [0.2, 0.25) is 0 Å². The lowest BCUT2D eigenvalue weighted by Crippen LogP contribution is -2.45. The molecule has 346 valence electrons. The first-order valence-corrected chi connectivity index (χ1v) is 25.2. The fraction of sp³-hybridized carbons (Fsp3) is 0.960. The molecule has 0 aromatic rings. The number of carbonyl (C=O) groups is 2. The zero-order chi connectivity index (χ0) is 42.7. The minimum atomic E-state index is -0.0858. The third-order valence-electron chi connectivity index (χ3n) is 11.7. The van der Waals surface area contributed by atoms with Crippen molar-refractivity contribution in [1.82, 2.24) is 0 Å². The largest absolute Gasteiger partial charge is 0.415 e. The summed E-state index contributed by atoms with van der Waals surface area (Å²) in [5.74, 6) is -0.172. The first-order chi connectivity index (χ1) is 28.1. The molecule has 0 aliphatic carbocycles. The molecular weight excluding hydrogens is 725 g/mol. The van der Waals surface area contributed by atoms with Crippen molar-refractivity contribution in [1.29, 1.82) is 0 Å². The van der Waals surface area contributed by atoms with Crippen molar-refractivity contribution >= 4 is 11.9 Å². The van der Waals surface area contributed by atoms with E-state index in [0.29, 0.717) is 61.7 Å². The number of unbranched alkanes of at least 4 members (excludes halogenated alkanes) is 30. The van der Waals surface area contributed by atoms with Crippen LogP contribution in [0.4, 0.5) is 0 Å². The van der Waals surface area contributed by atoms with Gasteiger partial charge in [-0.05, 0) is 12.8 Å². The SMILES string of the molecule is CCCCCCCCCCCCCCCCCCC(=O)OC[N+](C)(C)CCOCCOCC[N+](C)(C)COC(=O)CCCCCCCCCCCCCCCCCC. The zero-order valence-electron chi connectivity index (χ0n) is 40.0. The first-order valence-electron chi connectivity index (χ1n) is 25.2. The van der Waals surface area contributed by atoms with Crippen LogP contribution in [0.25, 0.3) is 0 Å². The maximum absolute atomic E-state index is 12.3. The Kier molecular flexibility index (Phi) is 41.6. The van der Waals surface area contributed by atoms with Gasteiger partial charge in [-0.15, -0.1) is 0 Å². The molecule has 0 bridgehead atoms. The smallest absolute Gasteiger partial charge is 0.310 e. The van der Waals surface area contributed by atoms with E-state index in [9.17, 15) is 9.59 Å². The summed E-state index contributed by atoms with van der Waals surface area (Å²) in [4.78, 5) is 24.6. The van der Waals surface area contributed by atoms with Gasteiger partial charge in [0.1, 0.15) is 13.1 Å². The van der Waals surface area contributed by atoms with E-state index in [-0.39, 0.29) is 11.9 Å². The molecule has 0 amide bonds. The average Bonchev–Trinajstić information content (AvgIpc) is 3.20. The Morgan fingerprint density at radius 3 is 0.793 bits per heavy atom. The van der Waals surface area contributed by atoms with Gasteiger partial charge in [-0.1, -0.05) is 206 Å². The van der Waals surface area contributed by atoms with Gasteiger partial charge >= 0.3 is 11.9 Å². The molecule has 0 rings (SSSR count). The van der Waals surface area contributed by atoms with Crippen molar-refractivity contribution in [3.05, 3.63) is 0 Å². The fourth-order valence-corrected chi connectivity index (χ4v) is 7.35. The quantitative estimate of drug-likeness (QED) is 0.0263. The van der Waals surface area contributed by atoms with E-state index in [0.717, 1.165) is 38.8 Å². The lowest BCUT2D eigenvalue weighted by molar-refractivity contribution is -0.907. The maximum atomic E-state index is 12.3. The highest BCUT2D eigenvalue weighted by Crippen LogP contribution is 2.16. The van der Waals surface area contributed by atoms with E-state index >= 15 is 0 Å². The molecule has 0 aromatic heterocycles. The zero-order valence-corrected chi connectivity index (χ0v) is 40.0. The van der Waals surface area contributed by atoms with E-state index in [1.54, 1.807) is 0 Å². The molecule has 0 radical (unpaired) electrons. The maximum Gasteiger partial charge on any atom is 0.310 e. The monoisotopic (exact) mass is 827 g/mol. The Morgan fingerprint density at radius 1 is 0.328 bits per heavy atom. The highest BCUT2D eigenvalue weighted by Gasteiger charge is 2.19. The van der Waals surface area contributed by atoms with E-state index in [2.05, 4.69) is 42.0 Å². The second-order valence-corrected chi connectivity index (χ2v) is 18.9. The van der Waals surface area contributed by atoms with Gasteiger partial charge in [0.15, 0.2) is 0 Å². The minimum absolute atomic E-state index is 0.0858. The summed E-state index contributed by atoms with van der Waals surface area (Å²) in [6.07, 6.45) is 43.6. The van der Waals surface area contributed by atoms with Crippen LogP contribution in [0.1, 0.15) is 232 Å². The summed E-state index contributed by atoms with van der Waals surface area (Å²) in [6, 6.07) is 0. The van der Waals surface area contributed by atoms with E-state index in [1.165, 1.54) is 180 Å². The van der Waals surface area contributed by atoms with E-state index in [4.69, 9.17) is 18.9 Å². The van der Waals surface area contributed by atoms with Crippen LogP contribution in [0, 0.1) is 0 Å². The number of quaternary nitrogens is 2. The summed E-state index contributed by atoms with van der Waals surface area (Å²) >= 11 is 0. The number of nitrogens with zero attached hydrogens (tertiary/aromatic N) is 2. The third kappa shape index (κ3) is 44.3. The fourth-order valence-electron chi connectivity index (χ4n) is 7.35. The number of ether oxygens (including phenoxy) is 4. The van der Waals surface area contributed by atoms with Gasteiger partial charge in [0.05, 0.1) is 54.6 Å². The number of rotatable bonds is 47. The third-order valence-corrected chi connectivity index (χ3v) is 11.7. The molecule has 8 heteroatoms. The summed E-state index contributed by atoms with van der Waals surface area (Å²) in [5, 5.41) is 0. The highest BCUT2D eigenvalue weighted by molar-refractivity contribution is 5.69. The van der Waals surface area contributed by atoms with Gasteiger partial charge in [-0.2, -0.15) is 0 Å². The molecule has 0 N–H and O–H groups in total. The van der Waals surface area contributed by atoms with Crippen LogP contribution < -0.4 is 0 Å². The predicted molar refractivity (Wildman–Crippen MR) is 246 cm³/mol. The van der Waals surface area contributed by atoms with Crippen molar-refractivity contribution < 1.29 is 37.5 Å². The van der Waals surface area contributed by atoms with Crippen molar-refractivity contribution in [3.63, 3.8) is 0 Å². The predicted octanol–water partition coefficient (Wildman–Crippen LogP) is 13.5. The lowest BCUT2D eigenvalue weighted by atomic mass is 10.0. The van der Waals surface area contributed by atoms with Crippen molar-refractivity contribution in [2.75, 3.05) is 81.2 Å². The minimum Gasteiger partial charge on any atom is -0.415 e. The lowest BCUT2D eigenvalue weighted by Gasteiger charge is -2.29. The molecule has 0 aromatic carbocycles. The molecule has 0 atom stereocenters. The highest BCUT2D eigenvalue weighted by atomic mass is 16.6. The van der Waals surface area contributed by atoms with Gasteiger partial charge in [0.25, 0.3) is 0 Å². The van der Waals surface area contributed by atoms with Gasteiger partial charge < -0.3 is 18.9 Å². The Morgan fingerprint density at radius 2 is 0.552 bits per heavy atom. The summed E-state index contributed by atoms with van der Waals surface area (Å²) in [5.41, 5.74) is 0. The van der Waals surface area contributed by atoms with Gasteiger partial charge in [-0.25, -0.2) is 0 Å². The molecular formula is C50H102N2O6+2.